The summed E-state index contributed by atoms with van der Waals surface area (Å²) in [6.45, 7) is 34.2. The molecule has 0 aliphatic rings. The molecule has 9 rings (SSSR count). The fraction of sp³-hybridized carbons (Fsp3) is 0.125. The highest BCUT2D eigenvalue weighted by molar-refractivity contribution is 5.74. The fourth-order valence-electron chi connectivity index (χ4n) is 10.5. The van der Waals surface area contributed by atoms with Crippen LogP contribution in [0.15, 0.2) is 295 Å². The summed E-state index contributed by atoms with van der Waals surface area (Å²) in [5.41, 5.74) is 13.5. The van der Waals surface area contributed by atoms with E-state index in [1.165, 1.54) is 0 Å². The van der Waals surface area contributed by atoms with Gasteiger partial charge in [-0.05, 0) is 153 Å². The van der Waals surface area contributed by atoms with Crippen LogP contribution in [0.5, 0.6) is 46.0 Å². The van der Waals surface area contributed by atoms with Gasteiger partial charge in [0, 0.05) is 34.1 Å². The number of benzene rings is 9. The van der Waals surface area contributed by atoms with E-state index in [0.29, 0.717) is 49.4 Å². The van der Waals surface area contributed by atoms with E-state index < -0.39 is 11.8 Å². The third-order valence-corrected chi connectivity index (χ3v) is 14.5. The van der Waals surface area contributed by atoms with E-state index in [-0.39, 0.29) is 26.4 Å². The third kappa shape index (κ3) is 15.6. The van der Waals surface area contributed by atoms with Crippen molar-refractivity contribution in [3.05, 3.63) is 329 Å². The average molecular weight is 1160 g/mol. The zero-order chi connectivity index (χ0) is 61.5. The Kier molecular flexibility index (Phi) is 22.1. The molecule has 0 radical (unpaired) electrons. The molecule has 0 heterocycles. The first kappa shape index (κ1) is 61.8. The largest absolute Gasteiger partial charge is 0.490 e. The van der Waals surface area contributed by atoms with Gasteiger partial charge in [-0.25, -0.2) is 0 Å². The lowest BCUT2D eigenvalue weighted by atomic mass is 9.79. The van der Waals surface area contributed by atoms with Crippen molar-refractivity contribution in [2.75, 3.05) is 52.9 Å². The second-order valence-electron chi connectivity index (χ2n) is 20.4. The maximum atomic E-state index is 6.67. The van der Waals surface area contributed by atoms with Crippen LogP contribution in [0.1, 0.15) is 45.2 Å². The number of hydrogen-bond donors (Lipinski definition) is 0. The molecule has 0 aliphatic carbocycles. The van der Waals surface area contributed by atoms with E-state index >= 15 is 0 Å². The minimum absolute atomic E-state index is 0.278. The van der Waals surface area contributed by atoms with Crippen molar-refractivity contribution in [3.63, 3.8) is 0 Å². The van der Waals surface area contributed by atoms with Crippen LogP contribution in [-0.2, 0) is 0 Å². The van der Waals surface area contributed by atoms with Gasteiger partial charge in [0.2, 0.25) is 0 Å². The Balaban J connectivity index is 1.29. The van der Waals surface area contributed by atoms with Gasteiger partial charge in [-0.3, -0.25) is 0 Å². The Morgan fingerprint density at radius 3 is 0.591 bits per heavy atom. The van der Waals surface area contributed by atoms with Crippen molar-refractivity contribution < 1.29 is 37.9 Å². The maximum absolute atomic E-state index is 6.67. The van der Waals surface area contributed by atoms with Crippen molar-refractivity contribution in [1.82, 2.24) is 0 Å². The lowest BCUT2D eigenvalue weighted by Crippen LogP contribution is -2.12. The zero-order valence-corrected chi connectivity index (χ0v) is 49.8. The van der Waals surface area contributed by atoms with Crippen molar-refractivity contribution in [2.45, 2.75) is 11.8 Å². The van der Waals surface area contributed by atoms with Crippen LogP contribution in [0.25, 0.3) is 44.5 Å². The second-order valence-corrected chi connectivity index (χ2v) is 20.4. The topological polar surface area (TPSA) is 73.8 Å². The second kappa shape index (κ2) is 31.4. The average Bonchev–Trinajstić information content (AvgIpc) is 1.83. The SMILES string of the molecule is C=CCOc1ccc(-c2ccc(OCC=C)c(C(c3ccc(C(c4cc(-c5ccc(OCC=C)cc5)ccc4OCC=C)c4cc(-c5ccc(OCC=C)cc5)ccc4OCC=C)cc3)c3cc(-c4ccc(OCC=C)cc4)ccc3OCC=C)c2)cc1. The number of rotatable bonds is 34. The molecule has 0 saturated heterocycles. The highest BCUT2D eigenvalue weighted by Gasteiger charge is 2.30. The molecule has 0 N–H and O–H groups in total. The van der Waals surface area contributed by atoms with Crippen LogP contribution < -0.4 is 37.9 Å². The van der Waals surface area contributed by atoms with E-state index in [1.807, 2.05) is 72.8 Å². The van der Waals surface area contributed by atoms with E-state index in [9.17, 15) is 0 Å². The van der Waals surface area contributed by atoms with Gasteiger partial charge in [-0.2, -0.15) is 0 Å². The van der Waals surface area contributed by atoms with Crippen LogP contribution in [-0.4, -0.2) is 52.9 Å². The Morgan fingerprint density at radius 2 is 0.398 bits per heavy atom. The Bertz CT molecular complexity index is 3350. The third-order valence-electron chi connectivity index (χ3n) is 14.5. The van der Waals surface area contributed by atoms with E-state index in [1.54, 1.807) is 48.6 Å². The minimum Gasteiger partial charge on any atom is -0.490 e. The summed E-state index contributed by atoms with van der Waals surface area (Å²) in [7, 11) is 0. The van der Waals surface area contributed by atoms with Gasteiger partial charge in [0.15, 0.2) is 0 Å². The summed E-state index contributed by atoms with van der Waals surface area (Å²) < 4.78 is 50.3. The Hall–Kier alpha value is -10.7. The normalized spacial score (nSPS) is 10.8. The summed E-state index contributed by atoms with van der Waals surface area (Å²) in [5.74, 6) is 4.79. The summed E-state index contributed by atoms with van der Waals surface area (Å²) in [6.07, 6.45) is 14.0. The molecule has 0 spiro atoms. The van der Waals surface area contributed by atoms with E-state index in [0.717, 1.165) is 101 Å². The standard InChI is InChI=1S/C80H74O8/c1-9-45-81-67-33-21-57(22-34-67)63-29-41-75(85-49-13-5)71(53-63)79(72-54-64(30-42-76(72)86-50-14-6)58-23-35-68(36-24-58)82-46-10-2)61-17-19-62(20-18-61)80(73-55-65(31-43-77(73)87-51-15-7)59-25-37-69(38-26-59)83-47-11-3)74-56-66(32-44-78(74)88-52-16-8)60-27-39-70(40-28-60)84-48-12-4/h9-44,53-56,79-80H,1-8,45-52H2. The summed E-state index contributed by atoms with van der Waals surface area (Å²) in [6, 6.07) is 66.6. The number of ether oxygens (including phenoxy) is 8. The lowest BCUT2D eigenvalue weighted by Gasteiger charge is -2.27. The molecule has 9 aromatic rings. The lowest BCUT2D eigenvalue weighted by molar-refractivity contribution is 0.353. The van der Waals surface area contributed by atoms with E-state index in [2.05, 4.69) is 174 Å². The first-order valence-electron chi connectivity index (χ1n) is 29.3. The van der Waals surface area contributed by atoms with Crippen molar-refractivity contribution in [3.8, 4) is 90.5 Å². The fourth-order valence-corrected chi connectivity index (χ4v) is 10.5. The van der Waals surface area contributed by atoms with Crippen LogP contribution in [0.2, 0.25) is 0 Å². The molecular formula is C80H74O8. The number of hydrogen-bond acceptors (Lipinski definition) is 8. The van der Waals surface area contributed by atoms with Crippen LogP contribution in [0.4, 0.5) is 0 Å². The molecule has 88 heavy (non-hydrogen) atoms. The molecule has 0 atom stereocenters. The Labute approximate surface area is 519 Å². The first-order chi connectivity index (χ1) is 43.3. The van der Waals surface area contributed by atoms with Gasteiger partial charge in [0.05, 0.1) is 0 Å². The monoisotopic (exact) mass is 1160 g/mol. The van der Waals surface area contributed by atoms with Crippen LogP contribution in [0.3, 0.4) is 0 Å². The molecule has 442 valence electrons. The van der Waals surface area contributed by atoms with Crippen molar-refractivity contribution in [1.29, 1.82) is 0 Å². The minimum atomic E-state index is -0.473. The van der Waals surface area contributed by atoms with Crippen molar-refractivity contribution >= 4 is 0 Å². The molecule has 8 nitrogen and oxygen atoms in total. The molecule has 0 fully saturated rings. The van der Waals surface area contributed by atoms with Gasteiger partial charge < -0.3 is 37.9 Å². The van der Waals surface area contributed by atoms with Gasteiger partial charge in [-0.1, -0.05) is 198 Å². The summed E-state index contributed by atoms with van der Waals surface area (Å²) in [4.78, 5) is 0. The molecule has 0 bridgehead atoms. The molecule has 0 unspecified atom stereocenters. The molecule has 0 saturated carbocycles. The summed E-state index contributed by atoms with van der Waals surface area (Å²) in [5, 5.41) is 0. The van der Waals surface area contributed by atoms with Crippen molar-refractivity contribution in [2.24, 2.45) is 0 Å². The molecule has 0 aliphatic heterocycles. The van der Waals surface area contributed by atoms with Gasteiger partial charge in [-0.15, -0.1) is 0 Å². The molecule has 9 aromatic carbocycles. The molecule has 0 amide bonds. The van der Waals surface area contributed by atoms with E-state index in [4.69, 9.17) is 37.9 Å². The van der Waals surface area contributed by atoms with Crippen LogP contribution in [0, 0.1) is 0 Å². The van der Waals surface area contributed by atoms with Gasteiger partial charge >= 0.3 is 0 Å². The maximum Gasteiger partial charge on any atom is 0.123 e. The Morgan fingerprint density at radius 1 is 0.216 bits per heavy atom. The van der Waals surface area contributed by atoms with Gasteiger partial charge in [0.1, 0.15) is 98.9 Å². The smallest absolute Gasteiger partial charge is 0.123 e. The quantitative estimate of drug-likeness (QED) is 0.0292. The molecule has 0 aromatic heterocycles. The zero-order valence-electron chi connectivity index (χ0n) is 49.8. The molecule has 8 heteroatoms. The molecular weight excluding hydrogens is 1090 g/mol. The highest BCUT2D eigenvalue weighted by Crippen LogP contribution is 2.48. The predicted octanol–water partition coefficient (Wildman–Crippen LogP) is 19.2. The van der Waals surface area contributed by atoms with Crippen LogP contribution >= 0.6 is 0 Å². The summed E-state index contributed by atoms with van der Waals surface area (Å²) >= 11 is 0. The van der Waals surface area contributed by atoms with Gasteiger partial charge in [0.25, 0.3) is 0 Å². The predicted molar refractivity (Wildman–Crippen MR) is 361 cm³/mol. The highest BCUT2D eigenvalue weighted by atomic mass is 16.5. The first-order valence-corrected chi connectivity index (χ1v) is 29.3.